The largest absolute Gasteiger partial charge is 0.337 e. The molecule has 0 bridgehead atoms. The zero-order valence-corrected chi connectivity index (χ0v) is 22.2. The van der Waals surface area contributed by atoms with Crippen LogP contribution in [0.2, 0.25) is 0 Å². The van der Waals surface area contributed by atoms with E-state index in [1.165, 1.54) is 16.6 Å². The van der Waals surface area contributed by atoms with Crippen molar-refractivity contribution >= 4 is 21.7 Å². The molecule has 202 valence electrons. The van der Waals surface area contributed by atoms with E-state index in [0.29, 0.717) is 56.1 Å². The highest BCUT2D eigenvalue weighted by atomic mass is 32.2. The van der Waals surface area contributed by atoms with Crippen LogP contribution in [0.4, 0.5) is 19.3 Å². The zero-order valence-electron chi connectivity index (χ0n) is 21.4. The maximum atomic E-state index is 14.2. The molecule has 1 aliphatic heterocycles. The second kappa shape index (κ2) is 10.3. The van der Waals surface area contributed by atoms with Crippen LogP contribution in [-0.4, -0.2) is 50.7 Å². The van der Waals surface area contributed by atoms with Gasteiger partial charge in [-0.3, -0.25) is 4.90 Å². The Morgan fingerprint density at radius 2 is 1.92 bits per heavy atom. The smallest absolute Gasteiger partial charge is 0.322 e. The van der Waals surface area contributed by atoms with Crippen molar-refractivity contribution in [1.82, 2.24) is 9.62 Å². The fourth-order valence-electron chi connectivity index (χ4n) is 6.39. The molecule has 3 unspecified atom stereocenters. The van der Waals surface area contributed by atoms with Gasteiger partial charge in [0.25, 0.3) is 0 Å². The van der Waals surface area contributed by atoms with Gasteiger partial charge in [0.2, 0.25) is 10.0 Å². The lowest BCUT2D eigenvalue weighted by atomic mass is 9.80. The van der Waals surface area contributed by atoms with Crippen LogP contribution in [0.3, 0.4) is 0 Å². The molecule has 5 rings (SSSR count). The van der Waals surface area contributed by atoms with Crippen LogP contribution >= 0.6 is 0 Å². The van der Waals surface area contributed by atoms with Gasteiger partial charge < -0.3 is 5.32 Å². The van der Waals surface area contributed by atoms with E-state index >= 15 is 0 Å². The van der Waals surface area contributed by atoms with Crippen LogP contribution in [-0.2, 0) is 15.4 Å². The Kier molecular flexibility index (Phi) is 7.18. The minimum atomic E-state index is -3.23. The predicted octanol–water partition coefficient (Wildman–Crippen LogP) is 4.53. The molecule has 0 spiro atoms. The van der Waals surface area contributed by atoms with Gasteiger partial charge in [-0.15, -0.1) is 0 Å². The third-order valence-electron chi connectivity index (χ3n) is 8.63. The topological polar surface area (TPSA) is 93.5 Å². The lowest BCUT2D eigenvalue weighted by Gasteiger charge is -2.37. The summed E-state index contributed by atoms with van der Waals surface area (Å²) >= 11 is 0. The van der Waals surface area contributed by atoms with Gasteiger partial charge in [0.15, 0.2) is 11.6 Å². The minimum Gasteiger partial charge on any atom is -0.337 e. The fourth-order valence-corrected chi connectivity index (χ4v) is 7.26. The molecule has 0 radical (unpaired) electrons. The van der Waals surface area contributed by atoms with Gasteiger partial charge >= 0.3 is 6.03 Å². The quantitative estimate of drug-likeness (QED) is 0.580. The Bertz CT molecular complexity index is 1370. The summed E-state index contributed by atoms with van der Waals surface area (Å²) in [5, 5.41) is 12.3. The third-order valence-corrected chi connectivity index (χ3v) is 9.93. The third kappa shape index (κ3) is 5.27. The van der Waals surface area contributed by atoms with Crippen LogP contribution in [0.25, 0.3) is 0 Å². The van der Waals surface area contributed by atoms with E-state index < -0.39 is 21.7 Å². The van der Waals surface area contributed by atoms with Crippen molar-refractivity contribution < 1.29 is 22.0 Å². The second-order valence-electron chi connectivity index (χ2n) is 10.9. The van der Waals surface area contributed by atoms with Gasteiger partial charge in [-0.25, -0.2) is 26.3 Å². The molecule has 2 aromatic carbocycles. The summed E-state index contributed by atoms with van der Waals surface area (Å²) in [6.07, 6.45) is 5.75. The van der Waals surface area contributed by atoms with Crippen LogP contribution < -0.4 is 10.2 Å². The van der Waals surface area contributed by atoms with Gasteiger partial charge in [-0.2, -0.15) is 5.26 Å². The van der Waals surface area contributed by atoms with Crippen molar-refractivity contribution in [3.05, 3.63) is 65.2 Å². The van der Waals surface area contributed by atoms with Gasteiger partial charge in [0, 0.05) is 37.4 Å². The first kappa shape index (κ1) is 26.6. The Hall–Kier alpha value is -3.03. The number of benzene rings is 2. The molecule has 10 heteroatoms. The average Bonchev–Trinajstić information content (AvgIpc) is 3.65. The molecule has 3 fully saturated rings. The van der Waals surface area contributed by atoms with Crippen LogP contribution in [0.1, 0.15) is 49.7 Å². The summed E-state index contributed by atoms with van der Waals surface area (Å²) < 4.78 is 52.9. The highest BCUT2D eigenvalue weighted by Crippen LogP contribution is 2.63. The maximum Gasteiger partial charge on any atom is 0.322 e. The zero-order chi connectivity index (χ0) is 27.1. The number of nitrogens with zero attached hydrogens (tertiary/aromatic N) is 3. The van der Waals surface area contributed by atoms with E-state index in [0.717, 1.165) is 37.0 Å². The number of hydrogen-bond acceptors (Lipinski definition) is 4. The molecule has 7 nitrogen and oxygen atoms in total. The molecule has 1 saturated heterocycles. The van der Waals surface area contributed by atoms with E-state index in [2.05, 4.69) is 17.5 Å². The van der Waals surface area contributed by atoms with E-state index in [1.54, 1.807) is 11.0 Å². The lowest BCUT2D eigenvalue weighted by molar-refractivity contribution is 0.230. The predicted molar refractivity (Wildman–Crippen MR) is 140 cm³/mol. The number of rotatable bonds is 6. The lowest BCUT2D eigenvalue weighted by Crippen LogP contribution is -2.50. The highest BCUT2D eigenvalue weighted by molar-refractivity contribution is 7.88. The number of carbonyl (C=O) groups excluding carboxylic acids is 1. The number of carbonyl (C=O) groups is 1. The van der Waals surface area contributed by atoms with Crippen LogP contribution in [0.5, 0.6) is 0 Å². The Morgan fingerprint density at radius 3 is 2.58 bits per heavy atom. The van der Waals surface area contributed by atoms with E-state index in [9.17, 15) is 27.3 Å². The number of nitriles is 1. The number of fused-ring (bicyclic) bond motifs is 1. The number of piperidine rings is 1. The van der Waals surface area contributed by atoms with Crippen LogP contribution in [0, 0.1) is 34.8 Å². The molecule has 2 saturated carbocycles. The summed E-state index contributed by atoms with van der Waals surface area (Å²) in [6, 6.07) is 13.0. The SMILES string of the molecule is CS(=O)(=O)N1CCC(CNC(=O)N(c2ccc(F)c(F)c2)C2CCC3(c4cccc(C#N)c4)CC3C2)CC1. The summed E-state index contributed by atoms with van der Waals surface area (Å²) in [7, 11) is -3.23. The molecule has 2 aromatic rings. The number of sulfonamides is 1. The van der Waals surface area contributed by atoms with E-state index in [4.69, 9.17) is 0 Å². The number of nitrogens with one attached hydrogen (secondary N) is 1. The molecular weight excluding hydrogens is 510 g/mol. The van der Waals surface area contributed by atoms with E-state index in [-0.39, 0.29) is 23.4 Å². The molecule has 3 atom stereocenters. The summed E-state index contributed by atoms with van der Waals surface area (Å²) in [5.74, 6) is -1.48. The van der Waals surface area contributed by atoms with Gasteiger partial charge in [0.05, 0.1) is 17.9 Å². The van der Waals surface area contributed by atoms with Crippen molar-refractivity contribution in [1.29, 1.82) is 5.26 Å². The molecule has 38 heavy (non-hydrogen) atoms. The first-order chi connectivity index (χ1) is 18.1. The molecule has 1 heterocycles. The molecule has 3 aliphatic rings. The van der Waals surface area contributed by atoms with Crippen LogP contribution in [0.15, 0.2) is 42.5 Å². The summed E-state index contributed by atoms with van der Waals surface area (Å²) in [5.41, 5.74) is 2.12. The summed E-state index contributed by atoms with van der Waals surface area (Å²) in [4.78, 5) is 15.1. The number of hydrogen-bond donors (Lipinski definition) is 1. The monoisotopic (exact) mass is 542 g/mol. The van der Waals surface area contributed by atoms with Crippen molar-refractivity contribution in [3.63, 3.8) is 0 Å². The van der Waals surface area contributed by atoms with E-state index in [1.807, 2.05) is 12.1 Å². The molecule has 2 amide bonds. The number of halogens is 2. The Labute approximate surface area is 222 Å². The molecular formula is C28H32F2N4O3S. The molecule has 0 aromatic heterocycles. The highest BCUT2D eigenvalue weighted by Gasteiger charge is 2.58. The van der Waals surface area contributed by atoms with Gasteiger partial charge in [-0.1, -0.05) is 12.1 Å². The van der Waals surface area contributed by atoms with Crippen molar-refractivity contribution in [2.45, 2.75) is 50.0 Å². The van der Waals surface area contributed by atoms with Crippen molar-refractivity contribution in [2.75, 3.05) is 30.8 Å². The Balaban J connectivity index is 1.29. The number of urea groups is 1. The normalized spacial score (nSPS) is 25.7. The molecule has 1 N–H and O–H groups in total. The first-order valence-corrected chi connectivity index (χ1v) is 14.9. The second-order valence-corrected chi connectivity index (χ2v) is 12.9. The summed E-state index contributed by atoms with van der Waals surface area (Å²) in [6.45, 7) is 1.23. The van der Waals surface area contributed by atoms with Crippen molar-refractivity contribution in [2.24, 2.45) is 11.8 Å². The molecule has 2 aliphatic carbocycles. The van der Waals surface area contributed by atoms with Gasteiger partial charge in [0.1, 0.15) is 0 Å². The number of amides is 2. The standard InChI is InChI=1S/C28H32F2N4O3S/c1-38(36,37)33-11-8-19(9-12-33)18-32-27(35)34(23-5-6-25(29)26(30)15-23)24-7-10-28(16-22(28)14-24)21-4-2-3-20(13-21)17-31/h2-6,13,15,19,22,24H,7-12,14,16,18H2,1H3,(H,32,35). The van der Waals surface area contributed by atoms with Crippen molar-refractivity contribution in [3.8, 4) is 6.07 Å². The first-order valence-electron chi connectivity index (χ1n) is 13.1. The minimum absolute atomic E-state index is 0.00708. The van der Waals surface area contributed by atoms with Gasteiger partial charge in [-0.05, 0) is 85.6 Å². The fraction of sp³-hybridized carbons (Fsp3) is 0.500. The average molecular weight is 543 g/mol. The number of anilines is 1. The maximum absolute atomic E-state index is 14.2. The Morgan fingerprint density at radius 1 is 1.16 bits per heavy atom.